The van der Waals surface area contributed by atoms with Crippen LogP contribution in [0.15, 0.2) is 0 Å². The van der Waals surface area contributed by atoms with Crippen LogP contribution in [0.25, 0.3) is 0 Å². The van der Waals surface area contributed by atoms with E-state index in [0.29, 0.717) is 24.6 Å². The number of esters is 1. The SMILES string of the molecule is CCOC(=O)C(CC)N(CC)CCC(N)=S. The molecule has 0 amide bonds. The van der Waals surface area contributed by atoms with Gasteiger partial charge >= 0.3 is 5.97 Å². The second-order valence-electron chi connectivity index (χ2n) is 3.52. The highest BCUT2D eigenvalue weighted by Crippen LogP contribution is 2.07. The van der Waals surface area contributed by atoms with Crippen molar-refractivity contribution in [3.63, 3.8) is 0 Å². The molecule has 0 rings (SSSR count). The third kappa shape index (κ3) is 5.42. The van der Waals surface area contributed by atoms with Gasteiger partial charge in [-0.1, -0.05) is 26.1 Å². The maximum atomic E-state index is 11.7. The number of nitrogens with two attached hydrogens (primary N) is 1. The van der Waals surface area contributed by atoms with E-state index in [2.05, 4.69) is 4.90 Å². The fourth-order valence-corrected chi connectivity index (χ4v) is 1.69. The molecule has 1 atom stereocenters. The Labute approximate surface area is 103 Å². The Morgan fingerprint density at radius 1 is 1.44 bits per heavy atom. The molecular weight excluding hydrogens is 224 g/mol. The van der Waals surface area contributed by atoms with Gasteiger partial charge in [-0.05, 0) is 19.9 Å². The lowest BCUT2D eigenvalue weighted by atomic mass is 10.2. The van der Waals surface area contributed by atoms with Crippen LogP contribution in [0.4, 0.5) is 0 Å². The highest BCUT2D eigenvalue weighted by atomic mass is 32.1. The molecule has 0 aromatic rings. The van der Waals surface area contributed by atoms with Gasteiger partial charge in [0.05, 0.1) is 11.6 Å². The van der Waals surface area contributed by atoms with Crippen LogP contribution in [0.2, 0.25) is 0 Å². The van der Waals surface area contributed by atoms with Gasteiger partial charge < -0.3 is 10.5 Å². The van der Waals surface area contributed by atoms with E-state index >= 15 is 0 Å². The van der Waals surface area contributed by atoms with Crippen molar-refractivity contribution in [3.05, 3.63) is 0 Å². The van der Waals surface area contributed by atoms with E-state index in [4.69, 9.17) is 22.7 Å². The van der Waals surface area contributed by atoms with Gasteiger partial charge in [-0.25, -0.2) is 0 Å². The van der Waals surface area contributed by atoms with E-state index in [1.54, 1.807) is 0 Å². The van der Waals surface area contributed by atoms with E-state index in [-0.39, 0.29) is 12.0 Å². The second kappa shape index (κ2) is 8.47. The summed E-state index contributed by atoms with van der Waals surface area (Å²) in [4.78, 5) is 14.2. The predicted octanol–water partition coefficient (Wildman–Crippen LogP) is 1.33. The molecule has 0 spiro atoms. The molecular formula is C11H22N2O2S. The Balaban J connectivity index is 4.36. The Morgan fingerprint density at radius 3 is 2.44 bits per heavy atom. The summed E-state index contributed by atoms with van der Waals surface area (Å²) in [5.74, 6) is -0.158. The molecule has 0 saturated heterocycles. The highest BCUT2D eigenvalue weighted by molar-refractivity contribution is 7.80. The number of hydrogen-bond donors (Lipinski definition) is 1. The molecule has 16 heavy (non-hydrogen) atoms. The van der Waals surface area contributed by atoms with Crippen LogP contribution in [0.1, 0.15) is 33.6 Å². The molecule has 0 radical (unpaired) electrons. The van der Waals surface area contributed by atoms with Gasteiger partial charge in [0.2, 0.25) is 0 Å². The minimum Gasteiger partial charge on any atom is -0.465 e. The van der Waals surface area contributed by atoms with Gasteiger partial charge in [0.25, 0.3) is 0 Å². The molecule has 0 heterocycles. The van der Waals surface area contributed by atoms with Crippen molar-refractivity contribution >= 4 is 23.2 Å². The molecule has 5 heteroatoms. The first-order valence-corrected chi connectivity index (χ1v) is 6.16. The molecule has 0 bridgehead atoms. The molecule has 0 aromatic heterocycles. The Morgan fingerprint density at radius 2 is 2.06 bits per heavy atom. The number of ether oxygens (including phenoxy) is 1. The summed E-state index contributed by atoms with van der Waals surface area (Å²) in [6.07, 6.45) is 1.38. The smallest absolute Gasteiger partial charge is 0.323 e. The zero-order valence-electron chi connectivity index (χ0n) is 10.4. The van der Waals surface area contributed by atoms with Crippen molar-refractivity contribution < 1.29 is 9.53 Å². The number of hydrogen-bond acceptors (Lipinski definition) is 4. The lowest BCUT2D eigenvalue weighted by Gasteiger charge is -2.27. The Kier molecular flexibility index (Phi) is 8.11. The number of likely N-dealkylation sites (N-methyl/N-ethyl adjacent to an activating group) is 1. The van der Waals surface area contributed by atoms with Gasteiger partial charge in [0.1, 0.15) is 6.04 Å². The zero-order chi connectivity index (χ0) is 12.6. The summed E-state index contributed by atoms with van der Waals surface area (Å²) in [6.45, 7) is 7.73. The fraction of sp³-hybridized carbons (Fsp3) is 0.818. The molecule has 4 nitrogen and oxygen atoms in total. The van der Waals surface area contributed by atoms with Gasteiger partial charge in [0, 0.05) is 13.0 Å². The Bertz CT molecular complexity index is 234. The van der Waals surface area contributed by atoms with Crippen molar-refractivity contribution in [2.45, 2.75) is 39.7 Å². The first-order chi connectivity index (χ1) is 7.56. The number of nitrogens with zero attached hydrogens (tertiary/aromatic N) is 1. The molecule has 0 aliphatic carbocycles. The third-order valence-corrected chi connectivity index (χ3v) is 2.64. The molecule has 0 aliphatic heterocycles. The average Bonchev–Trinajstić information content (AvgIpc) is 2.24. The minimum atomic E-state index is -0.181. The van der Waals surface area contributed by atoms with Crippen LogP contribution in [0.5, 0.6) is 0 Å². The van der Waals surface area contributed by atoms with Crippen molar-refractivity contribution in [2.24, 2.45) is 5.73 Å². The van der Waals surface area contributed by atoms with E-state index in [1.807, 2.05) is 20.8 Å². The number of rotatable bonds is 8. The third-order valence-electron chi connectivity index (χ3n) is 2.44. The molecule has 94 valence electrons. The van der Waals surface area contributed by atoms with E-state index in [1.165, 1.54) is 0 Å². The van der Waals surface area contributed by atoms with Gasteiger partial charge in [-0.3, -0.25) is 9.69 Å². The molecule has 2 N–H and O–H groups in total. The van der Waals surface area contributed by atoms with Crippen LogP contribution in [-0.4, -0.2) is 41.6 Å². The largest absolute Gasteiger partial charge is 0.465 e. The molecule has 0 aromatic carbocycles. The highest BCUT2D eigenvalue weighted by Gasteiger charge is 2.23. The quantitative estimate of drug-likeness (QED) is 0.517. The lowest BCUT2D eigenvalue weighted by Crippen LogP contribution is -2.43. The minimum absolute atomic E-state index is 0.158. The van der Waals surface area contributed by atoms with Crippen LogP contribution in [0, 0.1) is 0 Å². The van der Waals surface area contributed by atoms with E-state index in [9.17, 15) is 4.79 Å². The predicted molar refractivity (Wildman–Crippen MR) is 69.4 cm³/mol. The second-order valence-corrected chi connectivity index (χ2v) is 4.05. The van der Waals surface area contributed by atoms with Crippen molar-refractivity contribution in [2.75, 3.05) is 19.7 Å². The molecule has 0 aliphatic rings. The normalized spacial score (nSPS) is 12.5. The van der Waals surface area contributed by atoms with Crippen molar-refractivity contribution in [1.82, 2.24) is 4.90 Å². The summed E-state index contributed by atoms with van der Waals surface area (Å²) < 4.78 is 5.04. The maximum absolute atomic E-state index is 11.7. The number of carbonyl (C=O) groups is 1. The average molecular weight is 246 g/mol. The van der Waals surface area contributed by atoms with Crippen LogP contribution in [0.3, 0.4) is 0 Å². The number of thiocarbonyl (C=S) groups is 1. The topological polar surface area (TPSA) is 55.6 Å². The fourth-order valence-electron chi connectivity index (χ4n) is 1.60. The maximum Gasteiger partial charge on any atom is 0.323 e. The van der Waals surface area contributed by atoms with E-state index in [0.717, 1.165) is 13.0 Å². The summed E-state index contributed by atoms with van der Waals surface area (Å²) in [7, 11) is 0. The van der Waals surface area contributed by atoms with Crippen LogP contribution < -0.4 is 5.73 Å². The summed E-state index contributed by atoms with van der Waals surface area (Å²) >= 11 is 4.84. The van der Waals surface area contributed by atoms with Crippen LogP contribution in [-0.2, 0) is 9.53 Å². The zero-order valence-corrected chi connectivity index (χ0v) is 11.2. The van der Waals surface area contributed by atoms with Gasteiger partial charge in [-0.2, -0.15) is 0 Å². The van der Waals surface area contributed by atoms with Crippen LogP contribution >= 0.6 is 12.2 Å². The first-order valence-electron chi connectivity index (χ1n) is 5.75. The first kappa shape index (κ1) is 15.3. The Hall–Kier alpha value is -0.680. The summed E-state index contributed by atoms with van der Waals surface area (Å²) in [6, 6.07) is -0.181. The number of carbonyl (C=O) groups excluding carboxylic acids is 1. The van der Waals surface area contributed by atoms with E-state index < -0.39 is 0 Å². The molecule has 0 fully saturated rings. The lowest BCUT2D eigenvalue weighted by molar-refractivity contribution is -0.149. The summed E-state index contributed by atoms with van der Waals surface area (Å²) in [5.41, 5.74) is 5.46. The monoisotopic (exact) mass is 246 g/mol. The van der Waals surface area contributed by atoms with Gasteiger partial charge in [-0.15, -0.1) is 0 Å². The summed E-state index contributed by atoms with van der Waals surface area (Å²) in [5, 5.41) is 0. The van der Waals surface area contributed by atoms with Gasteiger partial charge in [0.15, 0.2) is 0 Å². The van der Waals surface area contributed by atoms with Crippen molar-refractivity contribution in [3.8, 4) is 0 Å². The standard InChI is InChI=1S/C11H22N2O2S/c1-4-9(11(14)15-6-3)13(5-2)8-7-10(12)16/h9H,4-8H2,1-3H3,(H2,12,16). The molecule has 1 unspecified atom stereocenters. The molecule has 0 saturated carbocycles. The van der Waals surface area contributed by atoms with Crippen molar-refractivity contribution in [1.29, 1.82) is 0 Å².